The molecule has 3 rings (SSSR count). The molecule has 0 saturated heterocycles. The molecule has 0 saturated carbocycles. The SMILES string of the molecule is Cc1nc(SCc2nc(N)c3ccsc3n2)oc1C. The highest BCUT2D eigenvalue weighted by Crippen LogP contribution is 2.26. The van der Waals surface area contributed by atoms with Gasteiger partial charge >= 0.3 is 0 Å². The van der Waals surface area contributed by atoms with Gasteiger partial charge in [0.1, 0.15) is 22.2 Å². The Morgan fingerprint density at radius 2 is 2.16 bits per heavy atom. The lowest BCUT2D eigenvalue weighted by atomic mass is 10.4. The van der Waals surface area contributed by atoms with Gasteiger partial charge in [0.2, 0.25) is 0 Å². The quantitative estimate of drug-likeness (QED) is 0.747. The molecule has 0 radical (unpaired) electrons. The summed E-state index contributed by atoms with van der Waals surface area (Å²) in [6, 6.07) is 1.94. The fourth-order valence-corrected chi connectivity index (χ4v) is 3.18. The third kappa shape index (κ3) is 2.43. The molecule has 0 aromatic carbocycles. The molecule has 7 heteroatoms. The van der Waals surface area contributed by atoms with Gasteiger partial charge in [-0.05, 0) is 25.3 Å². The number of aryl methyl sites for hydroxylation is 2. The highest BCUT2D eigenvalue weighted by Gasteiger charge is 2.10. The Bertz CT molecular complexity index is 715. The zero-order valence-corrected chi connectivity index (χ0v) is 12.1. The number of thiophene rings is 1. The molecule has 0 aliphatic carbocycles. The number of hydrogen-bond acceptors (Lipinski definition) is 7. The van der Waals surface area contributed by atoms with Crippen molar-refractivity contribution in [1.29, 1.82) is 0 Å². The van der Waals surface area contributed by atoms with Gasteiger partial charge in [0, 0.05) is 0 Å². The lowest BCUT2D eigenvalue weighted by molar-refractivity contribution is 0.431. The molecular formula is C12H12N4OS2. The van der Waals surface area contributed by atoms with Crippen LogP contribution in [-0.2, 0) is 5.75 Å². The van der Waals surface area contributed by atoms with Crippen LogP contribution in [0.2, 0.25) is 0 Å². The third-order valence-corrected chi connectivity index (χ3v) is 4.37. The van der Waals surface area contributed by atoms with Crippen molar-refractivity contribution in [2.45, 2.75) is 24.8 Å². The van der Waals surface area contributed by atoms with E-state index in [0.29, 0.717) is 22.6 Å². The zero-order chi connectivity index (χ0) is 13.4. The van der Waals surface area contributed by atoms with E-state index >= 15 is 0 Å². The van der Waals surface area contributed by atoms with Gasteiger partial charge in [-0.1, -0.05) is 11.8 Å². The monoisotopic (exact) mass is 292 g/mol. The minimum atomic E-state index is 0.529. The van der Waals surface area contributed by atoms with E-state index in [0.717, 1.165) is 21.7 Å². The number of fused-ring (bicyclic) bond motifs is 1. The molecule has 3 aromatic heterocycles. The number of anilines is 1. The van der Waals surface area contributed by atoms with Gasteiger partial charge < -0.3 is 10.2 Å². The Balaban J connectivity index is 1.81. The minimum Gasteiger partial charge on any atom is -0.437 e. The summed E-state index contributed by atoms with van der Waals surface area (Å²) in [7, 11) is 0. The summed E-state index contributed by atoms with van der Waals surface area (Å²) in [5.41, 5.74) is 6.82. The summed E-state index contributed by atoms with van der Waals surface area (Å²) >= 11 is 3.04. The molecule has 3 heterocycles. The summed E-state index contributed by atoms with van der Waals surface area (Å²) < 4.78 is 5.51. The molecule has 0 spiro atoms. The largest absolute Gasteiger partial charge is 0.437 e. The third-order valence-electron chi connectivity index (χ3n) is 2.73. The van der Waals surface area contributed by atoms with E-state index in [9.17, 15) is 0 Å². The predicted molar refractivity (Wildman–Crippen MR) is 77.4 cm³/mol. The topological polar surface area (TPSA) is 77.8 Å². The van der Waals surface area contributed by atoms with Crippen molar-refractivity contribution in [2.75, 3.05) is 5.73 Å². The molecule has 0 aliphatic rings. The Kier molecular flexibility index (Phi) is 3.16. The van der Waals surface area contributed by atoms with Gasteiger partial charge in [-0.15, -0.1) is 11.3 Å². The van der Waals surface area contributed by atoms with Crippen molar-refractivity contribution in [2.24, 2.45) is 0 Å². The maximum absolute atomic E-state index is 5.91. The molecule has 0 bridgehead atoms. The van der Waals surface area contributed by atoms with Crippen LogP contribution < -0.4 is 5.73 Å². The van der Waals surface area contributed by atoms with E-state index in [1.807, 2.05) is 25.3 Å². The van der Waals surface area contributed by atoms with E-state index in [1.165, 1.54) is 11.8 Å². The van der Waals surface area contributed by atoms with Crippen LogP contribution in [0.25, 0.3) is 10.2 Å². The number of rotatable bonds is 3. The number of nitrogens with two attached hydrogens (primary N) is 1. The number of hydrogen-bond donors (Lipinski definition) is 1. The molecule has 0 aliphatic heterocycles. The second-order valence-electron chi connectivity index (χ2n) is 4.07. The minimum absolute atomic E-state index is 0.529. The number of nitrogens with zero attached hydrogens (tertiary/aromatic N) is 3. The first-order valence-corrected chi connectivity index (χ1v) is 7.56. The molecule has 0 amide bonds. The average molecular weight is 292 g/mol. The second-order valence-corrected chi connectivity index (χ2v) is 5.90. The van der Waals surface area contributed by atoms with Crippen LogP contribution in [0.5, 0.6) is 0 Å². The van der Waals surface area contributed by atoms with Crippen molar-refractivity contribution >= 4 is 39.1 Å². The Hall–Kier alpha value is -1.60. The Morgan fingerprint density at radius 1 is 1.32 bits per heavy atom. The number of nitrogen functional groups attached to an aromatic ring is 1. The number of thioether (sulfide) groups is 1. The lowest BCUT2D eigenvalue weighted by Crippen LogP contribution is -1.98. The normalized spacial score (nSPS) is 11.3. The summed E-state index contributed by atoms with van der Waals surface area (Å²) in [5.74, 6) is 2.67. The van der Waals surface area contributed by atoms with E-state index < -0.39 is 0 Å². The van der Waals surface area contributed by atoms with Gasteiger partial charge in [-0.25, -0.2) is 15.0 Å². The lowest BCUT2D eigenvalue weighted by Gasteiger charge is -2.00. The Labute approximate surface area is 118 Å². The van der Waals surface area contributed by atoms with Crippen LogP contribution in [0.3, 0.4) is 0 Å². The first-order chi connectivity index (χ1) is 9.13. The summed E-state index contributed by atoms with van der Waals surface area (Å²) in [4.78, 5) is 14.0. The first-order valence-electron chi connectivity index (χ1n) is 5.70. The highest BCUT2D eigenvalue weighted by molar-refractivity contribution is 7.98. The van der Waals surface area contributed by atoms with Crippen LogP contribution in [0.4, 0.5) is 5.82 Å². The van der Waals surface area contributed by atoms with Crippen molar-refractivity contribution in [3.05, 3.63) is 28.7 Å². The molecule has 0 atom stereocenters. The van der Waals surface area contributed by atoms with Crippen molar-refractivity contribution < 1.29 is 4.42 Å². The molecule has 3 aromatic rings. The standard InChI is InChI=1S/C12H12N4OS2/c1-6-7(2)17-12(14-6)19-5-9-15-10(13)8-3-4-18-11(8)16-9/h3-4H,5H2,1-2H3,(H2,13,15,16). The van der Waals surface area contributed by atoms with Crippen molar-refractivity contribution in [1.82, 2.24) is 15.0 Å². The summed E-state index contributed by atoms with van der Waals surface area (Å²) in [5, 5.41) is 3.53. The van der Waals surface area contributed by atoms with Gasteiger partial charge in [0.25, 0.3) is 5.22 Å². The van der Waals surface area contributed by atoms with E-state index in [1.54, 1.807) is 11.3 Å². The second kappa shape index (κ2) is 4.82. The first kappa shape index (κ1) is 12.4. The number of aromatic nitrogens is 3. The Morgan fingerprint density at radius 3 is 2.89 bits per heavy atom. The van der Waals surface area contributed by atoms with Crippen molar-refractivity contribution in [3.8, 4) is 0 Å². The van der Waals surface area contributed by atoms with E-state index in [2.05, 4.69) is 15.0 Å². The van der Waals surface area contributed by atoms with Crippen LogP contribution in [-0.4, -0.2) is 15.0 Å². The maximum atomic E-state index is 5.91. The van der Waals surface area contributed by atoms with Crippen LogP contribution in [0.15, 0.2) is 21.1 Å². The predicted octanol–water partition coefficient (Wildman–Crippen LogP) is 3.17. The highest BCUT2D eigenvalue weighted by atomic mass is 32.2. The molecular weight excluding hydrogens is 280 g/mol. The van der Waals surface area contributed by atoms with Crippen LogP contribution >= 0.6 is 23.1 Å². The van der Waals surface area contributed by atoms with Gasteiger partial charge in [-0.2, -0.15) is 0 Å². The fourth-order valence-electron chi connectivity index (χ4n) is 1.62. The maximum Gasteiger partial charge on any atom is 0.256 e. The van der Waals surface area contributed by atoms with E-state index in [4.69, 9.17) is 10.2 Å². The van der Waals surface area contributed by atoms with E-state index in [-0.39, 0.29) is 0 Å². The smallest absolute Gasteiger partial charge is 0.256 e. The molecule has 0 fully saturated rings. The zero-order valence-electron chi connectivity index (χ0n) is 10.5. The van der Waals surface area contributed by atoms with Gasteiger partial charge in [0.05, 0.1) is 16.8 Å². The molecule has 98 valence electrons. The van der Waals surface area contributed by atoms with Gasteiger partial charge in [0.15, 0.2) is 0 Å². The van der Waals surface area contributed by atoms with Crippen molar-refractivity contribution in [3.63, 3.8) is 0 Å². The molecule has 0 unspecified atom stereocenters. The average Bonchev–Trinajstić information content (AvgIpc) is 2.95. The van der Waals surface area contributed by atoms with Gasteiger partial charge in [-0.3, -0.25) is 0 Å². The van der Waals surface area contributed by atoms with Crippen LogP contribution in [0.1, 0.15) is 17.3 Å². The fraction of sp³-hybridized carbons (Fsp3) is 0.250. The number of oxazole rings is 1. The molecule has 2 N–H and O–H groups in total. The van der Waals surface area contributed by atoms with Crippen LogP contribution in [0, 0.1) is 13.8 Å². The summed E-state index contributed by atoms with van der Waals surface area (Å²) in [6.45, 7) is 3.83. The summed E-state index contributed by atoms with van der Waals surface area (Å²) in [6.07, 6.45) is 0. The molecule has 5 nitrogen and oxygen atoms in total. The molecule has 19 heavy (non-hydrogen) atoms.